The molecule has 3 aromatic heterocycles. The molecule has 0 atom stereocenters. The van der Waals surface area contributed by atoms with Crippen LogP contribution in [0.25, 0.3) is 22.2 Å². The molecule has 2 aromatic carbocycles. The number of benzene rings is 2. The molecule has 0 fully saturated rings. The molecule has 10 heteroatoms. The summed E-state index contributed by atoms with van der Waals surface area (Å²) in [5.41, 5.74) is 10.5. The Kier molecular flexibility index (Phi) is 6.85. The van der Waals surface area contributed by atoms with Crippen LogP contribution in [0.1, 0.15) is 28.8 Å². The molecule has 174 valence electrons. The second kappa shape index (κ2) is 9.82. The van der Waals surface area contributed by atoms with Crippen molar-refractivity contribution in [2.75, 3.05) is 5.73 Å². The van der Waals surface area contributed by atoms with Crippen molar-refractivity contribution in [3.05, 3.63) is 82.9 Å². The molecule has 0 aliphatic heterocycles. The lowest BCUT2D eigenvalue weighted by molar-refractivity contribution is -0.671. The zero-order valence-corrected chi connectivity index (χ0v) is 20.8. The lowest BCUT2D eigenvalue weighted by Crippen LogP contribution is -3.00. The van der Waals surface area contributed by atoms with Crippen LogP contribution < -0.4 is 32.6 Å². The number of aryl methyl sites for hydroxylation is 1. The Morgan fingerprint density at radius 2 is 1.97 bits per heavy atom. The van der Waals surface area contributed by atoms with Gasteiger partial charge in [-0.2, -0.15) is 0 Å². The largest absolute Gasteiger partial charge is 1.00 e. The number of rotatable bonds is 6. The Hall–Kier alpha value is -3.43. The average Bonchev–Trinajstić information content (AvgIpc) is 3.38. The van der Waals surface area contributed by atoms with E-state index in [1.54, 1.807) is 12.3 Å². The van der Waals surface area contributed by atoms with Gasteiger partial charge in [0, 0.05) is 17.3 Å². The number of nitrogens with one attached hydrogen (secondary N) is 2. The number of aromatic amines is 1. The Balaban J connectivity index is 0.00000274. The zero-order chi connectivity index (χ0) is 22.9. The summed E-state index contributed by atoms with van der Waals surface area (Å²) in [4.78, 5) is 24.6. The first kappa shape index (κ1) is 23.7. The Morgan fingerprint density at radius 1 is 1.18 bits per heavy atom. The maximum atomic E-state index is 13.0. The van der Waals surface area contributed by atoms with Crippen LogP contribution in [0.5, 0.6) is 0 Å². The maximum absolute atomic E-state index is 13.0. The summed E-state index contributed by atoms with van der Waals surface area (Å²) in [6.45, 7) is 3.75. The molecule has 4 N–H and O–H groups in total. The van der Waals surface area contributed by atoms with Gasteiger partial charge in [0.15, 0.2) is 28.2 Å². The number of carbonyl (C=O) groups is 1. The highest BCUT2D eigenvalue weighted by Gasteiger charge is 2.26. The highest BCUT2D eigenvalue weighted by Crippen LogP contribution is 2.21. The normalized spacial score (nSPS) is 11.0. The number of imidazole rings is 1. The van der Waals surface area contributed by atoms with Gasteiger partial charge in [0.25, 0.3) is 11.7 Å². The average molecular weight is 541 g/mol. The minimum absolute atomic E-state index is 0. The number of carbonyl (C=O) groups excluding carboxylic acids is 1. The third kappa shape index (κ3) is 4.36. The number of anilines is 1. The van der Waals surface area contributed by atoms with Gasteiger partial charge in [-0.05, 0) is 30.7 Å². The number of nitrogens with zero attached hydrogens (tertiary/aromatic N) is 4. The smallest absolute Gasteiger partial charge is 0.277 e. The fourth-order valence-corrected chi connectivity index (χ4v) is 4.31. The number of nitrogens with two attached hydrogens (primary N) is 1. The summed E-state index contributed by atoms with van der Waals surface area (Å²) >= 11 is 6.31. The van der Waals surface area contributed by atoms with Gasteiger partial charge in [-0.15, -0.1) is 0 Å². The Morgan fingerprint density at radius 3 is 2.74 bits per heavy atom. The summed E-state index contributed by atoms with van der Waals surface area (Å²) in [6.07, 6.45) is 1.71. The van der Waals surface area contributed by atoms with Crippen molar-refractivity contribution in [2.24, 2.45) is 0 Å². The number of amides is 1. The van der Waals surface area contributed by atoms with E-state index in [1.807, 2.05) is 36.4 Å². The van der Waals surface area contributed by atoms with Crippen molar-refractivity contribution in [3.63, 3.8) is 0 Å². The molecule has 0 spiro atoms. The van der Waals surface area contributed by atoms with E-state index >= 15 is 0 Å². The molecular formula is C24H23BrClN7O. The minimum Gasteiger partial charge on any atom is -1.00 e. The van der Waals surface area contributed by atoms with E-state index in [1.165, 1.54) is 0 Å². The maximum Gasteiger partial charge on any atom is 0.277 e. The molecular weight excluding hydrogens is 518 g/mol. The van der Waals surface area contributed by atoms with Crippen molar-refractivity contribution in [3.8, 4) is 0 Å². The molecule has 0 aliphatic carbocycles. The van der Waals surface area contributed by atoms with E-state index in [0.29, 0.717) is 22.7 Å². The van der Waals surface area contributed by atoms with E-state index in [-0.39, 0.29) is 40.9 Å². The van der Waals surface area contributed by atoms with Crippen LogP contribution in [0.3, 0.4) is 0 Å². The molecule has 0 saturated carbocycles. The summed E-state index contributed by atoms with van der Waals surface area (Å²) < 4.78 is 4.37. The van der Waals surface area contributed by atoms with Crippen LogP contribution in [0.15, 0.2) is 60.8 Å². The quantitative estimate of drug-likeness (QED) is 0.272. The first-order valence-corrected chi connectivity index (χ1v) is 11.1. The van der Waals surface area contributed by atoms with Crippen molar-refractivity contribution < 1.29 is 26.3 Å². The minimum atomic E-state index is -0.375. The SMILES string of the molecule is CCn1c(CNC(=O)c2nc3cc[nH]c3nc2N)[n+](Cc2ccccc2)c2ccc(Cl)cc21.[Br-]. The van der Waals surface area contributed by atoms with Gasteiger partial charge in [0.2, 0.25) is 0 Å². The predicted molar refractivity (Wildman–Crippen MR) is 128 cm³/mol. The third-order valence-electron chi connectivity index (χ3n) is 5.68. The topological polar surface area (TPSA) is 105 Å². The van der Waals surface area contributed by atoms with Crippen LogP contribution in [0, 0.1) is 0 Å². The Bertz CT molecular complexity index is 1480. The molecule has 0 saturated heterocycles. The summed E-state index contributed by atoms with van der Waals surface area (Å²) in [5, 5.41) is 3.65. The number of hydrogen-bond donors (Lipinski definition) is 3. The monoisotopic (exact) mass is 539 g/mol. The van der Waals surface area contributed by atoms with Gasteiger partial charge in [-0.3, -0.25) is 4.79 Å². The first-order chi connectivity index (χ1) is 16.0. The molecule has 3 heterocycles. The van der Waals surface area contributed by atoms with Gasteiger partial charge in [0.05, 0.1) is 6.54 Å². The summed E-state index contributed by atoms with van der Waals surface area (Å²) in [7, 11) is 0. The fraction of sp³-hybridized carbons (Fsp3) is 0.167. The van der Waals surface area contributed by atoms with E-state index < -0.39 is 0 Å². The third-order valence-corrected chi connectivity index (χ3v) is 5.91. The lowest BCUT2D eigenvalue weighted by Gasteiger charge is -2.08. The van der Waals surface area contributed by atoms with Crippen LogP contribution in [-0.4, -0.2) is 25.4 Å². The van der Waals surface area contributed by atoms with Crippen molar-refractivity contribution in [1.82, 2.24) is 24.8 Å². The number of nitrogen functional groups attached to an aromatic ring is 1. The van der Waals surface area contributed by atoms with Gasteiger partial charge in [0.1, 0.15) is 18.6 Å². The van der Waals surface area contributed by atoms with Gasteiger partial charge < -0.3 is 33.0 Å². The molecule has 1 amide bonds. The zero-order valence-electron chi connectivity index (χ0n) is 18.4. The summed E-state index contributed by atoms with van der Waals surface area (Å²) in [6, 6.07) is 17.8. The fourth-order valence-electron chi connectivity index (χ4n) is 4.14. The van der Waals surface area contributed by atoms with Crippen molar-refractivity contribution in [2.45, 2.75) is 26.6 Å². The number of aromatic nitrogens is 5. The highest BCUT2D eigenvalue weighted by atomic mass is 79.9. The van der Waals surface area contributed by atoms with Gasteiger partial charge >= 0.3 is 0 Å². The molecule has 0 bridgehead atoms. The summed E-state index contributed by atoms with van der Waals surface area (Å²) in [5.74, 6) is 0.656. The Labute approximate surface area is 211 Å². The van der Waals surface area contributed by atoms with Crippen LogP contribution in [0.4, 0.5) is 5.82 Å². The molecule has 5 aromatic rings. The second-order valence-corrected chi connectivity index (χ2v) is 8.15. The molecule has 0 unspecified atom stereocenters. The highest BCUT2D eigenvalue weighted by molar-refractivity contribution is 6.31. The molecule has 5 rings (SSSR count). The van der Waals surface area contributed by atoms with Crippen molar-refractivity contribution >= 4 is 45.5 Å². The molecule has 34 heavy (non-hydrogen) atoms. The van der Waals surface area contributed by atoms with Gasteiger partial charge in [-0.25, -0.2) is 19.1 Å². The van der Waals surface area contributed by atoms with Crippen LogP contribution in [-0.2, 0) is 19.6 Å². The standard InChI is InChI=1S/C24H22ClN7O.BrH/c1-2-31-19-12-16(25)8-9-18(19)32(14-15-6-4-3-5-7-15)20(31)13-28-24(33)21-22(26)30-23-17(29-21)10-11-27-23;/h3-12H,2,13-14H2,1H3,(H3-,26,27,28,29,30,33);1H. The number of halogens is 2. The van der Waals surface area contributed by atoms with E-state index in [0.717, 1.165) is 29.0 Å². The van der Waals surface area contributed by atoms with Gasteiger partial charge in [-0.1, -0.05) is 41.9 Å². The first-order valence-electron chi connectivity index (χ1n) is 10.7. The predicted octanol–water partition coefficient (Wildman–Crippen LogP) is 0.438. The second-order valence-electron chi connectivity index (χ2n) is 7.72. The van der Waals surface area contributed by atoms with Crippen molar-refractivity contribution in [1.29, 1.82) is 0 Å². The molecule has 0 radical (unpaired) electrons. The number of H-pyrrole nitrogens is 1. The van der Waals surface area contributed by atoms with E-state index in [2.05, 4.69) is 48.5 Å². The lowest BCUT2D eigenvalue weighted by atomic mass is 10.2. The molecule has 8 nitrogen and oxygen atoms in total. The molecule has 0 aliphatic rings. The van der Waals surface area contributed by atoms with Crippen LogP contribution >= 0.6 is 11.6 Å². The number of hydrogen-bond acceptors (Lipinski definition) is 4. The number of fused-ring (bicyclic) bond motifs is 2. The van der Waals surface area contributed by atoms with Crippen LogP contribution in [0.2, 0.25) is 5.02 Å². The van der Waals surface area contributed by atoms with E-state index in [4.69, 9.17) is 17.3 Å². The van der Waals surface area contributed by atoms with E-state index in [9.17, 15) is 4.79 Å².